The fourth-order valence-corrected chi connectivity index (χ4v) is 4.00. The Labute approximate surface area is 201 Å². The van der Waals surface area contributed by atoms with Crippen molar-refractivity contribution < 1.29 is 18.0 Å². The average molecular weight is 497 g/mol. The summed E-state index contributed by atoms with van der Waals surface area (Å²) in [5, 5.41) is 6.52. The number of alkyl halides is 3. The first-order valence-electron chi connectivity index (χ1n) is 10.3. The predicted octanol–water partition coefficient (Wildman–Crippen LogP) is 5.72. The van der Waals surface area contributed by atoms with Crippen LogP contribution >= 0.6 is 11.6 Å². The zero-order valence-electron chi connectivity index (χ0n) is 18.1. The van der Waals surface area contributed by atoms with Gasteiger partial charge in [0.1, 0.15) is 17.2 Å². The van der Waals surface area contributed by atoms with Crippen molar-refractivity contribution in [3.05, 3.63) is 89.5 Å². The Morgan fingerprint density at radius 1 is 1.06 bits per heavy atom. The number of halogens is 4. The number of carbonyl (C=O) groups excluding carboxylic acids is 1. The van der Waals surface area contributed by atoms with E-state index in [1.807, 2.05) is 0 Å². The number of rotatable bonds is 4. The fourth-order valence-electron chi connectivity index (χ4n) is 3.75. The highest BCUT2D eigenvalue weighted by molar-refractivity contribution is 6.34. The van der Waals surface area contributed by atoms with Gasteiger partial charge in [-0.05, 0) is 42.5 Å². The standard InChI is InChI=1S/C24H16ClF3N6O/c1-33-11-7-19(32-33)15-12-16(18(25)13-17(15)24(26,27)28)23(35)31-22-21(14-5-8-29-9-6-14)30-20-4-2-3-10-34(20)22/h2-13H,1H3,(H,31,35). The molecule has 0 atom stereocenters. The number of carbonyl (C=O) groups is 1. The van der Waals surface area contributed by atoms with Crippen LogP contribution in [0.25, 0.3) is 28.2 Å². The highest BCUT2D eigenvalue weighted by Crippen LogP contribution is 2.40. The summed E-state index contributed by atoms with van der Waals surface area (Å²) in [7, 11) is 1.59. The van der Waals surface area contributed by atoms with E-state index in [0.29, 0.717) is 22.7 Å². The van der Waals surface area contributed by atoms with Crippen molar-refractivity contribution in [2.24, 2.45) is 7.05 Å². The van der Waals surface area contributed by atoms with Gasteiger partial charge in [-0.1, -0.05) is 17.7 Å². The lowest BCUT2D eigenvalue weighted by Gasteiger charge is -2.15. The first kappa shape index (κ1) is 22.6. The van der Waals surface area contributed by atoms with Crippen LogP contribution in [0.1, 0.15) is 15.9 Å². The van der Waals surface area contributed by atoms with E-state index in [9.17, 15) is 18.0 Å². The second-order valence-corrected chi connectivity index (χ2v) is 8.09. The topological polar surface area (TPSA) is 77.1 Å². The van der Waals surface area contributed by atoms with Gasteiger partial charge in [-0.25, -0.2) is 4.98 Å². The van der Waals surface area contributed by atoms with Crippen LogP contribution in [0.4, 0.5) is 19.0 Å². The number of aromatic nitrogens is 5. The van der Waals surface area contributed by atoms with Gasteiger partial charge in [0.25, 0.3) is 5.91 Å². The largest absolute Gasteiger partial charge is 0.417 e. The average Bonchev–Trinajstić information content (AvgIpc) is 3.42. The maximum atomic E-state index is 13.8. The number of anilines is 1. The van der Waals surface area contributed by atoms with E-state index in [4.69, 9.17) is 11.6 Å². The number of aryl methyl sites for hydroxylation is 1. The van der Waals surface area contributed by atoms with E-state index in [2.05, 4.69) is 20.4 Å². The first-order valence-corrected chi connectivity index (χ1v) is 10.7. The van der Waals surface area contributed by atoms with Crippen LogP contribution in [-0.4, -0.2) is 30.1 Å². The Bertz CT molecular complexity index is 1560. The number of benzene rings is 1. The minimum Gasteiger partial charge on any atom is -0.306 e. The molecule has 1 N–H and O–H groups in total. The molecule has 0 bridgehead atoms. The number of nitrogens with one attached hydrogen (secondary N) is 1. The number of fused-ring (bicyclic) bond motifs is 1. The van der Waals surface area contributed by atoms with Gasteiger partial charge in [-0.15, -0.1) is 0 Å². The van der Waals surface area contributed by atoms with Gasteiger partial charge < -0.3 is 5.32 Å². The molecule has 0 aliphatic carbocycles. The van der Waals surface area contributed by atoms with E-state index in [0.717, 1.165) is 12.1 Å². The Balaban J connectivity index is 1.62. The molecular formula is C24H16ClF3N6O. The first-order chi connectivity index (χ1) is 16.7. The summed E-state index contributed by atoms with van der Waals surface area (Å²) in [6.45, 7) is 0. The van der Waals surface area contributed by atoms with E-state index in [-0.39, 0.29) is 21.8 Å². The molecule has 0 saturated heterocycles. The molecule has 1 amide bonds. The van der Waals surface area contributed by atoms with Gasteiger partial charge in [0, 0.05) is 43.0 Å². The van der Waals surface area contributed by atoms with Gasteiger partial charge in [0.2, 0.25) is 0 Å². The van der Waals surface area contributed by atoms with Crippen molar-refractivity contribution in [1.82, 2.24) is 24.1 Å². The maximum absolute atomic E-state index is 13.8. The minimum atomic E-state index is -4.69. The summed E-state index contributed by atoms with van der Waals surface area (Å²) in [5.41, 5.74) is 0.448. The summed E-state index contributed by atoms with van der Waals surface area (Å²) in [5.74, 6) is -0.353. The third-order valence-corrected chi connectivity index (χ3v) is 5.68. The van der Waals surface area contributed by atoms with Crippen molar-refractivity contribution in [2.75, 3.05) is 5.32 Å². The number of nitrogens with zero attached hydrogens (tertiary/aromatic N) is 5. The Kier molecular flexibility index (Phi) is 5.52. The predicted molar refractivity (Wildman–Crippen MR) is 125 cm³/mol. The highest BCUT2D eigenvalue weighted by atomic mass is 35.5. The molecule has 176 valence electrons. The third-order valence-electron chi connectivity index (χ3n) is 5.36. The molecule has 0 fully saturated rings. The third kappa shape index (κ3) is 4.24. The van der Waals surface area contributed by atoms with Crippen LogP contribution in [0.5, 0.6) is 0 Å². The molecule has 4 aromatic heterocycles. The second kappa shape index (κ2) is 8.55. The number of imidazole rings is 1. The number of pyridine rings is 2. The van der Waals surface area contributed by atoms with Crippen LogP contribution in [-0.2, 0) is 13.2 Å². The zero-order chi connectivity index (χ0) is 24.7. The summed E-state index contributed by atoms with van der Waals surface area (Å²) in [6, 6.07) is 12.1. The molecule has 0 radical (unpaired) electrons. The summed E-state index contributed by atoms with van der Waals surface area (Å²) < 4.78 is 44.3. The van der Waals surface area contributed by atoms with Crippen LogP contribution in [0.3, 0.4) is 0 Å². The zero-order valence-corrected chi connectivity index (χ0v) is 18.8. The molecular weight excluding hydrogens is 481 g/mol. The normalized spacial score (nSPS) is 11.7. The quantitative estimate of drug-likeness (QED) is 0.345. The summed E-state index contributed by atoms with van der Waals surface area (Å²) in [6.07, 6.45) is 1.73. The van der Waals surface area contributed by atoms with E-state index < -0.39 is 17.6 Å². The van der Waals surface area contributed by atoms with Crippen molar-refractivity contribution in [2.45, 2.75) is 6.18 Å². The Hall–Kier alpha value is -4.18. The summed E-state index contributed by atoms with van der Waals surface area (Å²) in [4.78, 5) is 22.0. The van der Waals surface area contributed by atoms with E-state index >= 15 is 0 Å². The number of amides is 1. The molecule has 0 spiro atoms. The van der Waals surface area contributed by atoms with Crippen LogP contribution < -0.4 is 5.32 Å². The maximum Gasteiger partial charge on any atom is 0.417 e. The number of hydrogen-bond donors (Lipinski definition) is 1. The van der Waals surface area contributed by atoms with Gasteiger partial charge in [0.05, 0.1) is 21.8 Å². The van der Waals surface area contributed by atoms with Crippen LogP contribution in [0.2, 0.25) is 5.02 Å². The summed E-state index contributed by atoms with van der Waals surface area (Å²) >= 11 is 6.19. The monoisotopic (exact) mass is 496 g/mol. The lowest BCUT2D eigenvalue weighted by atomic mass is 10.00. The van der Waals surface area contributed by atoms with E-state index in [1.54, 1.807) is 60.4 Å². The van der Waals surface area contributed by atoms with Crippen molar-refractivity contribution in [1.29, 1.82) is 0 Å². The molecule has 1 aromatic carbocycles. The second-order valence-electron chi connectivity index (χ2n) is 7.68. The molecule has 11 heteroatoms. The lowest BCUT2D eigenvalue weighted by Crippen LogP contribution is -2.16. The molecule has 4 heterocycles. The van der Waals surface area contributed by atoms with Crippen LogP contribution in [0.15, 0.2) is 73.3 Å². The van der Waals surface area contributed by atoms with Gasteiger partial charge in [-0.3, -0.25) is 18.9 Å². The van der Waals surface area contributed by atoms with Gasteiger partial charge >= 0.3 is 6.18 Å². The Morgan fingerprint density at radius 3 is 2.51 bits per heavy atom. The molecule has 0 aliphatic heterocycles. The molecule has 7 nitrogen and oxygen atoms in total. The van der Waals surface area contributed by atoms with Crippen molar-refractivity contribution >= 4 is 29.0 Å². The van der Waals surface area contributed by atoms with Crippen LogP contribution in [0, 0.1) is 0 Å². The number of hydrogen-bond acceptors (Lipinski definition) is 4. The smallest absolute Gasteiger partial charge is 0.306 e. The molecule has 0 saturated carbocycles. The SMILES string of the molecule is Cn1ccc(-c2cc(C(=O)Nc3c(-c4ccncc4)nc4ccccn34)c(Cl)cc2C(F)(F)F)n1. The van der Waals surface area contributed by atoms with Gasteiger partial charge in [-0.2, -0.15) is 18.3 Å². The molecule has 35 heavy (non-hydrogen) atoms. The fraction of sp³-hybridized carbons (Fsp3) is 0.0833. The Morgan fingerprint density at radius 2 is 1.83 bits per heavy atom. The van der Waals surface area contributed by atoms with E-state index in [1.165, 1.54) is 16.9 Å². The molecule has 0 unspecified atom stereocenters. The lowest BCUT2D eigenvalue weighted by molar-refractivity contribution is -0.137. The molecule has 5 aromatic rings. The van der Waals surface area contributed by atoms with Crippen molar-refractivity contribution in [3.8, 4) is 22.5 Å². The van der Waals surface area contributed by atoms with Gasteiger partial charge in [0.15, 0.2) is 0 Å². The molecule has 0 aliphatic rings. The molecule has 5 rings (SSSR count). The van der Waals surface area contributed by atoms with Crippen molar-refractivity contribution in [3.63, 3.8) is 0 Å². The minimum absolute atomic E-state index is 0.0674. The highest BCUT2D eigenvalue weighted by Gasteiger charge is 2.36.